The minimum absolute atomic E-state index is 0.473. The predicted molar refractivity (Wildman–Crippen MR) is 77.8 cm³/mol. The molecule has 0 bridgehead atoms. The van der Waals surface area contributed by atoms with Crippen molar-refractivity contribution in [1.29, 1.82) is 0 Å². The van der Waals surface area contributed by atoms with Gasteiger partial charge in [-0.1, -0.05) is 36.8 Å². The fourth-order valence-corrected chi connectivity index (χ4v) is 2.86. The average Bonchev–Trinajstić information content (AvgIpc) is 2.68. The van der Waals surface area contributed by atoms with Crippen molar-refractivity contribution in [3.8, 4) is 0 Å². The number of pyridine rings is 1. The van der Waals surface area contributed by atoms with Crippen LogP contribution in [0.15, 0.2) is 48.7 Å². The summed E-state index contributed by atoms with van der Waals surface area (Å²) in [6.45, 7) is 0.847. The number of hydrogen-bond donors (Lipinski definition) is 1. The zero-order chi connectivity index (χ0) is 12.9. The molecule has 0 fully saturated rings. The van der Waals surface area contributed by atoms with Crippen LogP contribution in [0.4, 0.5) is 0 Å². The van der Waals surface area contributed by atoms with E-state index in [0.29, 0.717) is 6.04 Å². The summed E-state index contributed by atoms with van der Waals surface area (Å²) < 4.78 is 0. The lowest BCUT2D eigenvalue weighted by atomic mass is 9.99. The first kappa shape index (κ1) is 12.4. The van der Waals surface area contributed by atoms with Crippen LogP contribution in [0, 0.1) is 0 Å². The molecule has 1 aliphatic carbocycles. The van der Waals surface area contributed by atoms with Gasteiger partial charge in [0.05, 0.1) is 5.69 Å². The molecule has 2 nitrogen and oxygen atoms in total. The van der Waals surface area contributed by atoms with Gasteiger partial charge in [0.1, 0.15) is 0 Å². The van der Waals surface area contributed by atoms with E-state index in [-0.39, 0.29) is 0 Å². The van der Waals surface area contributed by atoms with E-state index < -0.39 is 0 Å². The number of aryl methyl sites for hydroxylation is 1. The minimum atomic E-state index is 0.473. The standard InChI is InChI=1S/C17H20N2/c1-3-10-16-14(7-1)8-2-4-11-17(16)19-13-15-9-5-6-12-18-15/h1,3,5-7,9-10,12,17,19H,2,4,8,11,13H2. The van der Waals surface area contributed by atoms with Gasteiger partial charge in [0.15, 0.2) is 0 Å². The zero-order valence-electron chi connectivity index (χ0n) is 11.2. The highest BCUT2D eigenvalue weighted by atomic mass is 14.9. The molecule has 0 radical (unpaired) electrons. The Hall–Kier alpha value is -1.67. The van der Waals surface area contributed by atoms with Gasteiger partial charge in [0.25, 0.3) is 0 Å². The maximum Gasteiger partial charge on any atom is 0.0541 e. The van der Waals surface area contributed by atoms with E-state index in [4.69, 9.17) is 0 Å². The Morgan fingerprint density at radius 2 is 1.95 bits per heavy atom. The Balaban J connectivity index is 1.74. The summed E-state index contributed by atoms with van der Waals surface area (Å²) in [6, 6.07) is 15.4. The lowest BCUT2D eigenvalue weighted by Gasteiger charge is -2.19. The highest BCUT2D eigenvalue weighted by molar-refractivity contribution is 5.31. The molecule has 1 aromatic carbocycles. The number of nitrogens with one attached hydrogen (secondary N) is 1. The average molecular weight is 252 g/mol. The van der Waals surface area contributed by atoms with Crippen molar-refractivity contribution >= 4 is 0 Å². The van der Waals surface area contributed by atoms with Gasteiger partial charge in [0.2, 0.25) is 0 Å². The first-order chi connectivity index (χ1) is 9.43. The van der Waals surface area contributed by atoms with E-state index in [1.807, 2.05) is 18.3 Å². The van der Waals surface area contributed by atoms with Crippen LogP contribution in [-0.4, -0.2) is 4.98 Å². The van der Waals surface area contributed by atoms with Crippen molar-refractivity contribution in [2.45, 2.75) is 38.3 Å². The van der Waals surface area contributed by atoms with E-state index in [9.17, 15) is 0 Å². The molecule has 2 aromatic rings. The van der Waals surface area contributed by atoms with Gasteiger partial charge in [-0.05, 0) is 42.5 Å². The van der Waals surface area contributed by atoms with Crippen LogP contribution in [0.3, 0.4) is 0 Å². The normalized spacial score (nSPS) is 18.6. The van der Waals surface area contributed by atoms with Crippen LogP contribution in [0.1, 0.15) is 42.1 Å². The van der Waals surface area contributed by atoms with E-state index >= 15 is 0 Å². The third kappa shape index (κ3) is 3.02. The minimum Gasteiger partial charge on any atom is -0.304 e. The van der Waals surface area contributed by atoms with Gasteiger partial charge in [0, 0.05) is 18.8 Å². The van der Waals surface area contributed by atoms with Crippen molar-refractivity contribution in [2.24, 2.45) is 0 Å². The summed E-state index contributed by atoms with van der Waals surface area (Å²) in [4.78, 5) is 4.38. The number of benzene rings is 1. The van der Waals surface area contributed by atoms with Gasteiger partial charge in [-0.2, -0.15) is 0 Å². The molecule has 0 spiro atoms. The Bertz CT molecular complexity index is 522. The zero-order valence-corrected chi connectivity index (χ0v) is 11.2. The van der Waals surface area contributed by atoms with Crippen LogP contribution in [0.5, 0.6) is 0 Å². The Kier molecular flexibility index (Phi) is 3.89. The van der Waals surface area contributed by atoms with Crippen LogP contribution >= 0.6 is 0 Å². The quantitative estimate of drug-likeness (QED) is 0.844. The number of hydrogen-bond acceptors (Lipinski definition) is 2. The third-order valence-electron chi connectivity index (χ3n) is 3.88. The number of aromatic nitrogens is 1. The molecule has 1 atom stereocenters. The van der Waals surface area contributed by atoms with Crippen LogP contribution < -0.4 is 5.32 Å². The summed E-state index contributed by atoms with van der Waals surface area (Å²) in [5.74, 6) is 0. The molecule has 1 unspecified atom stereocenters. The second-order valence-corrected chi connectivity index (χ2v) is 5.20. The molecule has 0 amide bonds. The highest BCUT2D eigenvalue weighted by Gasteiger charge is 2.17. The lowest BCUT2D eigenvalue weighted by Crippen LogP contribution is -2.21. The molecule has 0 saturated heterocycles. The summed E-state index contributed by atoms with van der Waals surface area (Å²) in [7, 11) is 0. The smallest absolute Gasteiger partial charge is 0.0541 e. The second kappa shape index (κ2) is 5.98. The van der Waals surface area contributed by atoms with Crippen molar-refractivity contribution in [3.05, 3.63) is 65.5 Å². The number of fused-ring (bicyclic) bond motifs is 1. The first-order valence-electron chi connectivity index (χ1n) is 7.14. The molecule has 0 aliphatic heterocycles. The Morgan fingerprint density at radius 3 is 2.84 bits per heavy atom. The predicted octanol–water partition coefficient (Wildman–Crippen LogP) is 3.64. The molecule has 1 aliphatic rings. The molecule has 3 rings (SSSR count). The van der Waals surface area contributed by atoms with Crippen LogP contribution in [0.2, 0.25) is 0 Å². The van der Waals surface area contributed by atoms with E-state index in [2.05, 4.69) is 40.6 Å². The topological polar surface area (TPSA) is 24.9 Å². The fraction of sp³-hybridized carbons (Fsp3) is 0.353. The maximum atomic E-state index is 4.38. The van der Waals surface area contributed by atoms with Gasteiger partial charge < -0.3 is 5.32 Å². The van der Waals surface area contributed by atoms with Crippen molar-refractivity contribution in [3.63, 3.8) is 0 Å². The van der Waals surface area contributed by atoms with E-state index in [1.165, 1.54) is 36.8 Å². The van der Waals surface area contributed by atoms with Crippen LogP contribution in [0.25, 0.3) is 0 Å². The van der Waals surface area contributed by atoms with Crippen LogP contribution in [-0.2, 0) is 13.0 Å². The van der Waals surface area contributed by atoms with E-state index in [0.717, 1.165) is 12.2 Å². The van der Waals surface area contributed by atoms with Crippen molar-refractivity contribution in [2.75, 3.05) is 0 Å². The Labute approximate surface area is 114 Å². The maximum absolute atomic E-state index is 4.38. The highest BCUT2D eigenvalue weighted by Crippen LogP contribution is 2.28. The fourth-order valence-electron chi connectivity index (χ4n) is 2.86. The molecule has 0 saturated carbocycles. The van der Waals surface area contributed by atoms with Gasteiger partial charge in [-0.15, -0.1) is 0 Å². The molecular formula is C17H20N2. The van der Waals surface area contributed by atoms with Crippen molar-refractivity contribution in [1.82, 2.24) is 10.3 Å². The summed E-state index contributed by atoms with van der Waals surface area (Å²) in [5.41, 5.74) is 4.11. The largest absolute Gasteiger partial charge is 0.304 e. The third-order valence-corrected chi connectivity index (χ3v) is 3.88. The molecule has 1 heterocycles. The lowest BCUT2D eigenvalue weighted by molar-refractivity contribution is 0.485. The second-order valence-electron chi connectivity index (χ2n) is 5.20. The van der Waals surface area contributed by atoms with Gasteiger partial charge >= 0.3 is 0 Å². The molecule has 2 heteroatoms. The van der Waals surface area contributed by atoms with E-state index in [1.54, 1.807) is 0 Å². The molecule has 1 N–H and O–H groups in total. The van der Waals surface area contributed by atoms with Gasteiger partial charge in [-0.25, -0.2) is 0 Å². The summed E-state index contributed by atoms with van der Waals surface area (Å²) in [5, 5.41) is 3.67. The monoisotopic (exact) mass is 252 g/mol. The number of rotatable bonds is 3. The molecule has 98 valence electrons. The SMILES string of the molecule is c1ccc(CNC2CCCCc3ccccc32)nc1. The van der Waals surface area contributed by atoms with Gasteiger partial charge in [-0.3, -0.25) is 4.98 Å². The summed E-state index contributed by atoms with van der Waals surface area (Å²) in [6.07, 6.45) is 6.91. The molecular weight excluding hydrogens is 232 g/mol. The first-order valence-corrected chi connectivity index (χ1v) is 7.14. The summed E-state index contributed by atoms with van der Waals surface area (Å²) >= 11 is 0. The number of nitrogens with zero attached hydrogens (tertiary/aromatic N) is 1. The van der Waals surface area contributed by atoms with Crippen molar-refractivity contribution < 1.29 is 0 Å². The molecule has 1 aromatic heterocycles. The Morgan fingerprint density at radius 1 is 1.05 bits per heavy atom. The molecule has 19 heavy (non-hydrogen) atoms.